The highest BCUT2D eigenvalue weighted by Crippen LogP contribution is 2.28. The third-order valence-corrected chi connectivity index (χ3v) is 5.03. The topological polar surface area (TPSA) is 64.4 Å². The number of aromatic nitrogens is 2. The van der Waals surface area contributed by atoms with Crippen molar-refractivity contribution >= 4 is 23.2 Å². The zero-order chi connectivity index (χ0) is 19.2. The van der Waals surface area contributed by atoms with Gasteiger partial charge in [-0.3, -0.25) is 4.79 Å². The maximum absolute atomic E-state index is 12.7. The van der Waals surface area contributed by atoms with E-state index in [1.807, 2.05) is 61.7 Å². The molecule has 2 aromatic heterocycles. The van der Waals surface area contributed by atoms with Gasteiger partial charge < -0.3 is 9.64 Å². The van der Waals surface area contributed by atoms with E-state index in [0.29, 0.717) is 24.3 Å². The van der Waals surface area contributed by atoms with Crippen LogP contribution in [0.4, 0.5) is 0 Å². The van der Waals surface area contributed by atoms with Gasteiger partial charge in [-0.1, -0.05) is 24.3 Å². The molecule has 3 rings (SSSR count). The summed E-state index contributed by atoms with van der Waals surface area (Å²) in [5, 5.41) is 6.50. The van der Waals surface area contributed by atoms with Crippen molar-refractivity contribution in [3.8, 4) is 16.3 Å². The van der Waals surface area contributed by atoms with Crippen molar-refractivity contribution < 1.29 is 14.3 Å². The van der Waals surface area contributed by atoms with E-state index in [1.54, 1.807) is 15.8 Å². The number of benzene rings is 1. The SMILES string of the molecule is CCN(CC)C(=O)COC(=O)c1cn(-c2ccccc2)nc1-c1cccs1. The molecule has 27 heavy (non-hydrogen) atoms. The largest absolute Gasteiger partial charge is 0.452 e. The molecule has 0 fully saturated rings. The Kier molecular flexibility index (Phi) is 6.03. The second-order valence-electron chi connectivity index (χ2n) is 5.79. The maximum atomic E-state index is 12.7. The molecule has 0 bridgehead atoms. The molecule has 2 heterocycles. The monoisotopic (exact) mass is 383 g/mol. The molecule has 0 aliphatic carbocycles. The molecular weight excluding hydrogens is 362 g/mol. The number of thiophene rings is 1. The predicted molar refractivity (Wildman–Crippen MR) is 105 cm³/mol. The number of esters is 1. The van der Waals surface area contributed by atoms with Crippen LogP contribution in [-0.2, 0) is 9.53 Å². The lowest BCUT2D eigenvalue weighted by molar-refractivity contribution is -0.134. The van der Waals surface area contributed by atoms with Gasteiger partial charge in [0.2, 0.25) is 0 Å². The molecule has 0 unspecified atom stereocenters. The number of hydrogen-bond acceptors (Lipinski definition) is 5. The number of carbonyl (C=O) groups excluding carboxylic acids is 2. The minimum Gasteiger partial charge on any atom is -0.452 e. The second kappa shape index (κ2) is 8.64. The molecule has 0 aliphatic heterocycles. The van der Waals surface area contributed by atoms with Crippen molar-refractivity contribution in [3.05, 3.63) is 59.6 Å². The normalized spacial score (nSPS) is 10.6. The zero-order valence-corrected chi connectivity index (χ0v) is 16.1. The van der Waals surface area contributed by atoms with Crippen LogP contribution in [-0.4, -0.2) is 46.3 Å². The summed E-state index contributed by atoms with van der Waals surface area (Å²) < 4.78 is 6.93. The Morgan fingerprint density at radius 3 is 2.48 bits per heavy atom. The first kappa shape index (κ1) is 18.8. The maximum Gasteiger partial charge on any atom is 0.342 e. The van der Waals surface area contributed by atoms with Gasteiger partial charge in [0, 0.05) is 19.3 Å². The van der Waals surface area contributed by atoms with Gasteiger partial charge in [-0.15, -0.1) is 11.3 Å². The van der Waals surface area contributed by atoms with Crippen LogP contribution in [0.2, 0.25) is 0 Å². The minimum atomic E-state index is -0.555. The Morgan fingerprint density at radius 1 is 1.11 bits per heavy atom. The van der Waals surface area contributed by atoms with Crippen LogP contribution in [0.15, 0.2) is 54.0 Å². The Balaban J connectivity index is 1.86. The Bertz CT molecular complexity index is 900. The van der Waals surface area contributed by atoms with E-state index >= 15 is 0 Å². The Morgan fingerprint density at radius 2 is 1.85 bits per heavy atom. The molecule has 3 aromatic rings. The van der Waals surface area contributed by atoms with Crippen LogP contribution in [0.25, 0.3) is 16.3 Å². The van der Waals surface area contributed by atoms with E-state index in [-0.39, 0.29) is 12.5 Å². The van der Waals surface area contributed by atoms with Gasteiger partial charge in [-0.25, -0.2) is 9.48 Å². The fourth-order valence-electron chi connectivity index (χ4n) is 2.70. The number of nitrogens with zero attached hydrogens (tertiary/aromatic N) is 3. The molecule has 0 saturated carbocycles. The van der Waals surface area contributed by atoms with Gasteiger partial charge in [-0.05, 0) is 37.4 Å². The molecule has 0 radical (unpaired) electrons. The first-order valence-electron chi connectivity index (χ1n) is 8.77. The first-order chi connectivity index (χ1) is 13.1. The molecular formula is C20H21N3O3S. The standard InChI is InChI=1S/C20H21N3O3S/c1-3-22(4-2)18(24)14-26-20(25)16-13-23(15-9-6-5-7-10-15)21-19(16)17-11-8-12-27-17/h5-13H,3-4,14H2,1-2H3. The highest BCUT2D eigenvalue weighted by molar-refractivity contribution is 7.13. The molecule has 140 valence electrons. The summed E-state index contributed by atoms with van der Waals surface area (Å²) in [6, 6.07) is 13.3. The van der Waals surface area contributed by atoms with E-state index in [4.69, 9.17) is 4.74 Å². The second-order valence-corrected chi connectivity index (χ2v) is 6.74. The fraction of sp³-hybridized carbons (Fsp3) is 0.250. The number of rotatable bonds is 7. The average molecular weight is 383 g/mol. The summed E-state index contributed by atoms with van der Waals surface area (Å²) in [7, 11) is 0. The summed E-state index contributed by atoms with van der Waals surface area (Å²) in [5.41, 5.74) is 1.73. The van der Waals surface area contributed by atoms with Gasteiger partial charge >= 0.3 is 5.97 Å². The van der Waals surface area contributed by atoms with E-state index in [2.05, 4.69) is 5.10 Å². The molecule has 1 aromatic carbocycles. The summed E-state index contributed by atoms with van der Waals surface area (Å²) in [6.45, 7) is 4.67. The molecule has 7 heteroatoms. The number of amides is 1. The van der Waals surface area contributed by atoms with E-state index < -0.39 is 5.97 Å². The van der Waals surface area contributed by atoms with Gasteiger partial charge in [0.1, 0.15) is 11.3 Å². The van der Waals surface area contributed by atoms with Crippen LogP contribution in [0, 0.1) is 0 Å². The smallest absolute Gasteiger partial charge is 0.342 e. The summed E-state index contributed by atoms with van der Waals surface area (Å²) >= 11 is 1.49. The molecule has 0 saturated heterocycles. The van der Waals surface area contributed by atoms with Crippen LogP contribution in [0.5, 0.6) is 0 Å². The van der Waals surface area contributed by atoms with Crippen LogP contribution in [0.3, 0.4) is 0 Å². The highest BCUT2D eigenvalue weighted by Gasteiger charge is 2.22. The van der Waals surface area contributed by atoms with Gasteiger partial charge in [-0.2, -0.15) is 5.10 Å². The van der Waals surface area contributed by atoms with Crippen LogP contribution < -0.4 is 0 Å². The fourth-order valence-corrected chi connectivity index (χ4v) is 3.43. The molecule has 1 amide bonds. The lowest BCUT2D eigenvalue weighted by Gasteiger charge is -2.18. The summed E-state index contributed by atoms with van der Waals surface area (Å²) in [5.74, 6) is -0.762. The van der Waals surface area contributed by atoms with Crippen molar-refractivity contribution in [2.75, 3.05) is 19.7 Å². The molecule has 0 aliphatic rings. The number of likely N-dealkylation sites (N-methyl/N-ethyl adjacent to an activating group) is 1. The van der Waals surface area contributed by atoms with E-state index in [9.17, 15) is 9.59 Å². The lowest BCUT2D eigenvalue weighted by atomic mass is 10.2. The van der Waals surface area contributed by atoms with Gasteiger partial charge in [0.25, 0.3) is 5.91 Å². The number of para-hydroxylation sites is 1. The average Bonchev–Trinajstić information content (AvgIpc) is 3.37. The molecule has 0 atom stereocenters. The van der Waals surface area contributed by atoms with Crippen LogP contribution in [0.1, 0.15) is 24.2 Å². The molecule has 0 spiro atoms. The van der Waals surface area contributed by atoms with Crippen molar-refractivity contribution in [1.82, 2.24) is 14.7 Å². The third-order valence-electron chi connectivity index (χ3n) is 4.15. The Hall–Kier alpha value is -2.93. The van der Waals surface area contributed by atoms with E-state index in [1.165, 1.54) is 11.3 Å². The zero-order valence-electron chi connectivity index (χ0n) is 15.3. The number of hydrogen-bond donors (Lipinski definition) is 0. The van der Waals surface area contributed by atoms with Crippen molar-refractivity contribution in [2.45, 2.75) is 13.8 Å². The number of ether oxygens (including phenoxy) is 1. The summed E-state index contributed by atoms with van der Waals surface area (Å²) in [4.78, 5) is 27.3. The third kappa shape index (κ3) is 4.25. The minimum absolute atomic E-state index is 0.207. The van der Waals surface area contributed by atoms with Gasteiger partial charge in [0.05, 0.1) is 10.6 Å². The first-order valence-corrected chi connectivity index (χ1v) is 9.65. The Labute approximate surface area is 162 Å². The van der Waals surface area contributed by atoms with Crippen molar-refractivity contribution in [1.29, 1.82) is 0 Å². The lowest BCUT2D eigenvalue weighted by Crippen LogP contribution is -2.34. The highest BCUT2D eigenvalue weighted by atomic mass is 32.1. The van der Waals surface area contributed by atoms with Crippen molar-refractivity contribution in [2.24, 2.45) is 0 Å². The van der Waals surface area contributed by atoms with Gasteiger partial charge in [0.15, 0.2) is 6.61 Å². The number of carbonyl (C=O) groups is 2. The summed E-state index contributed by atoms with van der Waals surface area (Å²) in [6.07, 6.45) is 1.65. The molecule has 6 nitrogen and oxygen atoms in total. The molecule has 0 N–H and O–H groups in total. The van der Waals surface area contributed by atoms with Crippen LogP contribution >= 0.6 is 11.3 Å². The quantitative estimate of drug-likeness (QED) is 0.585. The predicted octanol–water partition coefficient (Wildman–Crippen LogP) is 3.63. The van der Waals surface area contributed by atoms with E-state index in [0.717, 1.165) is 10.6 Å². The van der Waals surface area contributed by atoms with Crippen molar-refractivity contribution in [3.63, 3.8) is 0 Å².